The number of anilines is 1. The number of hydrogen-bond donors (Lipinski definition) is 2. The van der Waals surface area contributed by atoms with Gasteiger partial charge in [-0.2, -0.15) is 8.75 Å². The van der Waals surface area contributed by atoms with Crippen LogP contribution in [0.15, 0.2) is 12.1 Å². The van der Waals surface area contributed by atoms with Crippen molar-refractivity contribution in [2.24, 2.45) is 0 Å². The summed E-state index contributed by atoms with van der Waals surface area (Å²) in [4.78, 5) is 12.2. The molecule has 0 spiro atoms. The van der Waals surface area contributed by atoms with Crippen LogP contribution in [0.4, 0.5) is 5.69 Å². The van der Waals surface area contributed by atoms with Crippen LogP contribution in [0.5, 0.6) is 0 Å². The van der Waals surface area contributed by atoms with Gasteiger partial charge in [0.25, 0.3) is 0 Å². The molecule has 1 atom stereocenters. The van der Waals surface area contributed by atoms with Crippen LogP contribution in [0.3, 0.4) is 0 Å². The number of amides is 1. The molecule has 1 saturated heterocycles. The topological polar surface area (TPSA) is 66.9 Å². The molecule has 7 heteroatoms. The molecule has 3 rings (SSSR count). The van der Waals surface area contributed by atoms with Crippen molar-refractivity contribution in [1.29, 1.82) is 0 Å². The van der Waals surface area contributed by atoms with E-state index in [2.05, 4.69) is 19.4 Å². The maximum absolute atomic E-state index is 12.2. The molecule has 0 saturated carbocycles. The Hall–Kier alpha value is -1.24. The first-order valence-corrected chi connectivity index (χ1v) is 7.31. The second kappa shape index (κ2) is 5.40. The van der Waals surface area contributed by atoms with Crippen molar-refractivity contribution >= 4 is 46.0 Å². The third-order valence-corrected chi connectivity index (χ3v) is 4.11. The van der Waals surface area contributed by atoms with Gasteiger partial charge in [-0.1, -0.05) is 18.0 Å². The molecule has 0 radical (unpaired) electrons. The Kier molecular flexibility index (Phi) is 3.63. The number of halogens is 1. The molecule has 1 fully saturated rings. The lowest BCUT2D eigenvalue weighted by atomic mass is 10.0. The van der Waals surface area contributed by atoms with Gasteiger partial charge in [0.05, 0.1) is 28.5 Å². The molecule has 2 aromatic rings. The Morgan fingerprint density at radius 2 is 2.32 bits per heavy atom. The fourth-order valence-electron chi connectivity index (χ4n) is 2.23. The summed E-state index contributed by atoms with van der Waals surface area (Å²) in [5.74, 6) is -0.0536. The van der Waals surface area contributed by atoms with Crippen molar-refractivity contribution in [1.82, 2.24) is 14.1 Å². The minimum atomic E-state index is -0.147. The molecule has 1 aromatic carbocycles. The van der Waals surface area contributed by atoms with Crippen molar-refractivity contribution in [2.75, 3.05) is 11.9 Å². The van der Waals surface area contributed by atoms with Gasteiger partial charge < -0.3 is 10.6 Å². The van der Waals surface area contributed by atoms with Crippen LogP contribution in [0, 0.1) is 0 Å². The number of benzene rings is 1. The van der Waals surface area contributed by atoms with E-state index in [4.69, 9.17) is 11.6 Å². The van der Waals surface area contributed by atoms with Crippen LogP contribution in [-0.4, -0.2) is 27.2 Å². The van der Waals surface area contributed by atoms with Gasteiger partial charge in [-0.05, 0) is 31.5 Å². The van der Waals surface area contributed by atoms with E-state index < -0.39 is 0 Å². The highest BCUT2D eigenvalue weighted by molar-refractivity contribution is 7.00. The van der Waals surface area contributed by atoms with Crippen LogP contribution in [0.25, 0.3) is 11.0 Å². The van der Waals surface area contributed by atoms with Gasteiger partial charge in [0.2, 0.25) is 5.91 Å². The summed E-state index contributed by atoms with van der Waals surface area (Å²) in [7, 11) is 0. The molecular formula is C12H13ClN4OS. The Balaban J connectivity index is 1.86. The number of hydrogen-bond acceptors (Lipinski definition) is 5. The normalized spacial score (nSPS) is 19.5. The van der Waals surface area contributed by atoms with E-state index in [1.54, 1.807) is 12.1 Å². The Bertz CT molecular complexity index is 609. The summed E-state index contributed by atoms with van der Waals surface area (Å²) in [6.07, 6.45) is 3.05. The van der Waals surface area contributed by atoms with Gasteiger partial charge in [-0.3, -0.25) is 4.79 Å². The van der Waals surface area contributed by atoms with E-state index in [-0.39, 0.29) is 11.9 Å². The van der Waals surface area contributed by atoms with Crippen molar-refractivity contribution in [3.05, 3.63) is 17.2 Å². The van der Waals surface area contributed by atoms with Crippen molar-refractivity contribution in [3.8, 4) is 0 Å². The molecule has 1 aromatic heterocycles. The van der Waals surface area contributed by atoms with E-state index in [9.17, 15) is 4.79 Å². The number of aromatic nitrogens is 2. The molecule has 5 nitrogen and oxygen atoms in total. The summed E-state index contributed by atoms with van der Waals surface area (Å²) in [5.41, 5.74) is 1.97. The number of nitrogens with zero attached hydrogens (tertiary/aromatic N) is 2. The first-order valence-electron chi connectivity index (χ1n) is 6.21. The monoisotopic (exact) mass is 296 g/mol. The minimum absolute atomic E-state index is 0.0536. The number of nitrogens with one attached hydrogen (secondary N) is 2. The van der Waals surface area contributed by atoms with Gasteiger partial charge in [-0.25, -0.2) is 0 Å². The van der Waals surface area contributed by atoms with E-state index in [0.29, 0.717) is 16.2 Å². The number of fused-ring (bicyclic) bond motifs is 1. The summed E-state index contributed by atoms with van der Waals surface area (Å²) in [5, 5.41) is 6.58. The molecule has 2 heterocycles. The Morgan fingerprint density at radius 3 is 3.11 bits per heavy atom. The molecule has 1 aliphatic rings. The molecule has 0 bridgehead atoms. The van der Waals surface area contributed by atoms with Crippen LogP contribution >= 0.6 is 23.3 Å². The lowest BCUT2D eigenvalue weighted by Gasteiger charge is -2.22. The zero-order valence-corrected chi connectivity index (χ0v) is 11.7. The lowest BCUT2D eigenvalue weighted by Crippen LogP contribution is -2.43. The fraction of sp³-hybridized carbons (Fsp3) is 0.417. The Morgan fingerprint density at radius 1 is 1.42 bits per heavy atom. The molecular weight excluding hydrogens is 284 g/mol. The van der Waals surface area contributed by atoms with Crippen LogP contribution in [0.2, 0.25) is 5.02 Å². The highest BCUT2D eigenvalue weighted by Crippen LogP contribution is 2.30. The molecule has 1 unspecified atom stereocenters. The van der Waals surface area contributed by atoms with Gasteiger partial charge >= 0.3 is 0 Å². The molecule has 0 aliphatic carbocycles. The quantitative estimate of drug-likeness (QED) is 0.893. The molecule has 1 amide bonds. The Labute approximate surface area is 119 Å². The van der Waals surface area contributed by atoms with Gasteiger partial charge in [-0.15, -0.1) is 0 Å². The largest absolute Gasteiger partial charge is 0.322 e. The summed E-state index contributed by atoms with van der Waals surface area (Å²) >= 11 is 7.26. The van der Waals surface area contributed by atoms with Gasteiger partial charge in [0, 0.05) is 0 Å². The summed E-state index contributed by atoms with van der Waals surface area (Å²) in [6, 6.07) is 3.39. The van der Waals surface area contributed by atoms with Gasteiger partial charge in [0.1, 0.15) is 11.0 Å². The maximum atomic E-state index is 12.2. The zero-order valence-electron chi connectivity index (χ0n) is 10.1. The van der Waals surface area contributed by atoms with Crippen LogP contribution in [-0.2, 0) is 4.79 Å². The van der Waals surface area contributed by atoms with Crippen LogP contribution < -0.4 is 10.6 Å². The molecule has 100 valence electrons. The highest BCUT2D eigenvalue weighted by atomic mass is 35.5. The highest BCUT2D eigenvalue weighted by Gasteiger charge is 2.22. The smallest absolute Gasteiger partial charge is 0.241 e. The van der Waals surface area contributed by atoms with E-state index in [0.717, 1.165) is 43.1 Å². The zero-order chi connectivity index (χ0) is 13.2. The predicted octanol–water partition coefficient (Wildman–Crippen LogP) is 2.43. The average Bonchev–Trinajstić information content (AvgIpc) is 2.91. The number of piperidine rings is 1. The summed E-state index contributed by atoms with van der Waals surface area (Å²) < 4.78 is 8.33. The molecule has 19 heavy (non-hydrogen) atoms. The molecule has 1 aliphatic heterocycles. The van der Waals surface area contributed by atoms with Crippen molar-refractivity contribution in [3.63, 3.8) is 0 Å². The van der Waals surface area contributed by atoms with E-state index in [1.807, 2.05) is 0 Å². The standard InChI is InChI=1S/C12H13ClN4OS/c13-7-4-5-8-11(17-19-16-8)10(7)15-12(18)9-3-1-2-6-14-9/h4-5,9,14H,1-3,6H2,(H,15,18). The van der Waals surface area contributed by atoms with Gasteiger partial charge in [0.15, 0.2) is 0 Å². The third-order valence-electron chi connectivity index (χ3n) is 3.25. The summed E-state index contributed by atoms with van der Waals surface area (Å²) in [6.45, 7) is 0.883. The lowest BCUT2D eigenvalue weighted by molar-refractivity contribution is -0.118. The maximum Gasteiger partial charge on any atom is 0.241 e. The third kappa shape index (κ3) is 2.56. The second-order valence-electron chi connectivity index (χ2n) is 4.55. The van der Waals surface area contributed by atoms with Crippen molar-refractivity contribution in [2.45, 2.75) is 25.3 Å². The first kappa shape index (κ1) is 12.8. The average molecular weight is 297 g/mol. The van der Waals surface area contributed by atoms with Crippen molar-refractivity contribution < 1.29 is 4.79 Å². The SMILES string of the molecule is O=C(Nc1c(Cl)ccc2nsnc12)C1CCCCN1. The second-order valence-corrected chi connectivity index (χ2v) is 5.48. The molecule has 2 N–H and O–H groups in total. The predicted molar refractivity (Wildman–Crippen MR) is 76.7 cm³/mol. The number of carbonyl (C=O) groups is 1. The van der Waals surface area contributed by atoms with Crippen LogP contribution in [0.1, 0.15) is 19.3 Å². The fourth-order valence-corrected chi connectivity index (χ4v) is 2.97. The van der Waals surface area contributed by atoms with E-state index in [1.165, 1.54) is 0 Å². The first-order chi connectivity index (χ1) is 9.25. The van der Waals surface area contributed by atoms with E-state index >= 15 is 0 Å². The number of carbonyl (C=O) groups excluding carboxylic acids is 1. The number of rotatable bonds is 2. The minimum Gasteiger partial charge on any atom is -0.322 e.